The minimum atomic E-state index is -0.385. The predicted octanol–water partition coefficient (Wildman–Crippen LogP) is 2.16. The molecule has 4 nitrogen and oxygen atoms in total. The highest BCUT2D eigenvalue weighted by Crippen LogP contribution is 2.35. The molecule has 2 rings (SSSR count). The minimum Gasteiger partial charge on any atom is -0.466 e. The van der Waals surface area contributed by atoms with Gasteiger partial charge in [0.25, 0.3) is 0 Å². The zero-order valence-electron chi connectivity index (χ0n) is 11.9. The van der Waals surface area contributed by atoms with Crippen molar-refractivity contribution in [2.24, 2.45) is 5.92 Å². The maximum absolute atomic E-state index is 11.9. The Morgan fingerprint density at radius 2 is 1.89 bits per heavy atom. The summed E-state index contributed by atoms with van der Waals surface area (Å²) in [5.41, 5.74) is 0. The van der Waals surface area contributed by atoms with Gasteiger partial charge in [0.1, 0.15) is 6.42 Å². The summed E-state index contributed by atoms with van der Waals surface area (Å²) < 4.78 is 4.83. The van der Waals surface area contributed by atoms with Gasteiger partial charge < -0.3 is 4.74 Å². The topological polar surface area (TPSA) is 46.6 Å². The Bertz CT molecular complexity index is 323. The number of likely N-dealkylation sites (tertiary alicyclic amines) is 1. The Kier molecular flexibility index (Phi) is 5.37. The highest BCUT2D eigenvalue weighted by molar-refractivity contribution is 5.96. The predicted molar refractivity (Wildman–Crippen MR) is 72.8 cm³/mol. The molecule has 0 bridgehead atoms. The van der Waals surface area contributed by atoms with E-state index in [1.54, 1.807) is 6.92 Å². The van der Waals surface area contributed by atoms with E-state index in [2.05, 4.69) is 4.90 Å². The lowest BCUT2D eigenvalue weighted by Gasteiger charge is -2.28. The van der Waals surface area contributed by atoms with Crippen LogP contribution >= 0.6 is 0 Å². The quantitative estimate of drug-likeness (QED) is 0.546. The average Bonchev–Trinajstić information content (AvgIpc) is 2.98. The van der Waals surface area contributed by atoms with Gasteiger partial charge >= 0.3 is 5.97 Å². The van der Waals surface area contributed by atoms with Crippen molar-refractivity contribution < 1.29 is 14.3 Å². The second kappa shape index (κ2) is 7.04. The van der Waals surface area contributed by atoms with Gasteiger partial charge in [0.05, 0.1) is 13.2 Å². The first-order valence-electron chi connectivity index (χ1n) is 7.62. The third kappa shape index (κ3) is 4.03. The van der Waals surface area contributed by atoms with Gasteiger partial charge in [-0.15, -0.1) is 0 Å². The summed E-state index contributed by atoms with van der Waals surface area (Å²) in [5, 5.41) is 0. The largest absolute Gasteiger partial charge is 0.466 e. The average molecular weight is 267 g/mol. The summed E-state index contributed by atoms with van der Waals surface area (Å²) in [6, 6.07) is 0.577. The molecule has 1 aliphatic heterocycles. The molecule has 0 radical (unpaired) electrons. The summed E-state index contributed by atoms with van der Waals surface area (Å²) in [6.07, 6.45) is 7.64. The van der Waals surface area contributed by atoms with Crippen molar-refractivity contribution >= 4 is 11.8 Å². The molecule has 1 aliphatic carbocycles. The van der Waals surface area contributed by atoms with E-state index in [0.717, 1.165) is 12.5 Å². The van der Waals surface area contributed by atoms with Gasteiger partial charge in [-0.25, -0.2) is 0 Å². The molecule has 1 saturated heterocycles. The summed E-state index contributed by atoms with van der Waals surface area (Å²) >= 11 is 0. The zero-order valence-corrected chi connectivity index (χ0v) is 11.9. The lowest BCUT2D eigenvalue weighted by Crippen LogP contribution is -2.38. The normalized spacial score (nSPS) is 24.8. The second-order valence-corrected chi connectivity index (χ2v) is 5.75. The molecule has 0 aromatic carbocycles. The van der Waals surface area contributed by atoms with Crippen LogP contribution in [-0.4, -0.2) is 42.4 Å². The minimum absolute atomic E-state index is 0.00310. The van der Waals surface area contributed by atoms with E-state index in [4.69, 9.17) is 4.74 Å². The van der Waals surface area contributed by atoms with E-state index in [9.17, 15) is 9.59 Å². The fourth-order valence-electron chi connectivity index (χ4n) is 3.58. The first-order valence-corrected chi connectivity index (χ1v) is 7.62. The first-order chi connectivity index (χ1) is 9.20. The maximum atomic E-state index is 11.9. The van der Waals surface area contributed by atoms with E-state index in [1.165, 1.54) is 38.5 Å². The highest BCUT2D eigenvalue weighted by Gasteiger charge is 2.34. The van der Waals surface area contributed by atoms with Gasteiger partial charge in [0.2, 0.25) is 0 Å². The number of nitrogens with zero attached hydrogens (tertiary/aromatic N) is 1. The zero-order chi connectivity index (χ0) is 13.7. The fourth-order valence-corrected chi connectivity index (χ4v) is 3.58. The van der Waals surface area contributed by atoms with Gasteiger partial charge in [0, 0.05) is 6.04 Å². The number of esters is 1. The molecule has 0 spiro atoms. The second-order valence-electron chi connectivity index (χ2n) is 5.75. The molecule has 108 valence electrons. The lowest BCUT2D eigenvalue weighted by molar-refractivity contribution is -0.145. The van der Waals surface area contributed by atoms with Gasteiger partial charge in [-0.2, -0.15) is 0 Å². The highest BCUT2D eigenvalue weighted by atomic mass is 16.5. The van der Waals surface area contributed by atoms with Crippen LogP contribution in [0.4, 0.5) is 0 Å². The first kappa shape index (κ1) is 14.5. The van der Waals surface area contributed by atoms with Crippen LogP contribution in [0.5, 0.6) is 0 Å². The third-order valence-corrected chi connectivity index (χ3v) is 4.38. The van der Waals surface area contributed by atoms with Gasteiger partial charge in [-0.05, 0) is 45.1 Å². The molecule has 19 heavy (non-hydrogen) atoms. The molecular formula is C15H25NO3. The summed E-state index contributed by atoms with van der Waals surface area (Å²) in [4.78, 5) is 25.5. The van der Waals surface area contributed by atoms with Crippen LogP contribution in [0.3, 0.4) is 0 Å². The number of ether oxygens (including phenoxy) is 1. The molecule has 1 saturated carbocycles. The van der Waals surface area contributed by atoms with Crippen molar-refractivity contribution in [2.45, 2.75) is 57.9 Å². The number of Topliss-reactive ketones (excluding diaryl/α,β-unsaturated/α-hetero) is 1. The monoisotopic (exact) mass is 267 g/mol. The van der Waals surface area contributed by atoms with E-state index in [1.807, 2.05) is 0 Å². The smallest absolute Gasteiger partial charge is 0.313 e. The Morgan fingerprint density at radius 3 is 2.58 bits per heavy atom. The molecule has 2 aliphatic rings. The molecule has 2 fully saturated rings. The van der Waals surface area contributed by atoms with Crippen LogP contribution in [0, 0.1) is 5.92 Å². The maximum Gasteiger partial charge on any atom is 0.313 e. The van der Waals surface area contributed by atoms with Crippen LogP contribution in [0.25, 0.3) is 0 Å². The molecule has 0 amide bonds. The number of rotatable bonds is 6. The lowest BCUT2D eigenvalue weighted by atomic mass is 9.96. The van der Waals surface area contributed by atoms with Crippen molar-refractivity contribution in [1.29, 1.82) is 0 Å². The van der Waals surface area contributed by atoms with Crippen molar-refractivity contribution in [2.75, 3.05) is 19.7 Å². The summed E-state index contributed by atoms with van der Waals surface area (Å²) in [6.45, 7) is 3.55. The van der Waals surface area contributed by atoms with E-state index < -0.39 is 0 Å². The van der Waals surface area contributed by atoms with Crippen LogP contribution in [-0.2, 0) is 14.3 Å². The number of carbonyl (C=O) groups is 2. The van der Waals surface area contributed by atoms with Crippen molar-refractivity contribution in [3.05, 3.63) is 0 Å². The molecular weight excluding hydrogens is 242 g/mol. The van der Waals surface area contributed by atoms with Crippen LogP contribution in [0.2, 0.25) is 0 Å². The molecule has 0 aromatic heterocycles. The molecule has 1 heterocycles. The number of hydrogen-bond donors (Lipinski definition) is 0. The van der Waals surface area contributed by atoms with E-state index in [0.29, 0.717) is 19.2 Å². The Hall–Kier alpha value is -0.900. The molecule has 4 heteroatoms. The van der Waals surface area contributed by atoms with Gasteiger partial charge in [-0.3, -0.25) is 14.5 Å². The molecule has 0 aromatic rings. The van der Waals surface area contributed by atoms with Crippen molar-refractivity contribution in [1.82, 2.24) is 4.90 Å². The fraction of sp³-hybridized carbons (Fsp3) is 0.867. The van der Waals surface area contributed by atoms with Crippen LogP contribution in [0.15, 0.2) is 0 Å². The number of carbonyl (C=O) groups excluding carboxylic acids is 2. The summed E-state index contributed by atoms with van der Waals surface area (Å²) in [5.74, 6) is 0.394. The van der Waals surface area contributed by atoms with E-state index >= 15 is 0 Å². The number of hydrogen-bond acceptors (Lipinski definition) is 4. The Morgan fingerprint density at radius 1 is 1.16 bits per heavy atom. The van der Waals surface area contributed by atoms with E-state index in [-0.39, 0.29) is 18.2 Å². The van der Waals surface area contributed by atoms with Crippen LogP contribution in [0.1, 0.15) is 51.9 Å². The standard InChI is InChI=1S/C15H25NO3/c1-2-19-15(18)10-13(17)11-16-9-5-8-14(16)12-6-3-4-7-12/h12,14H,2-11H2,1H3. The van der Waals surface area contributed by atoms with Gasteiger partial charge in [0.15, 0.2) is 5.78 Å². The van der Waals surface area contributed by atoms with Crippen LogP contribution < -0.4 is 0 Å². The SMILES string of the molecule is CCOC(=O)CC(=O)CN1CCCC1C1CCCC1. The molecule has 1 unspecified atom stereocenters. The van der Waals surface area contributed by atoms with Crippen molar-refractivity contribution in [3.63, 3.8) is 0 Å². The third-order valence-electron chi connectivity index (χ3n) is 4.38. The Labute approximate surface area is 115 Å². The van der Waals surface area contributed by atoms with Crippen molar-refractivity contribution in [3.8, 4) is 0 Å². The van der Waals surface area contributed by atoms with Gasteiger partial charge in [-0.1, -0.05) is 12.8 Å². The number of ketones is 1. The Balaban J connectivity index is 1.80. The summed E-state index contributed by atoms with van der Waals surface area (Å²) in [7, 11) is 0. The molecule has 0 N–H and O–H groups in total. The molecule has 1 atom stereocenters.